The number of aromatic nitrogens is 2. The van der Waals surface area contributed by atoms with Crippen LogP contribution in [0.15, 0.2) is 91.0 Å². The molecule has 0 aliphatic rings. The highest BCUT2D eigenvalue weighted by Gasteiger charge is 2.08. The molecule has 0 spiro atoms. The van der Waals surface area contributed by atoms with Gasteiger partial charge in [-0.2, -0.15) is 10.4 Å². The number of carbonyl (C=O) groups is 1. The van der Waals surface area contributed by atoms with Crippen molar-refractivity contribution < 1.29 is 9.90 Å². The number of hydrogen-bond acceptors (Lipinski definition) is 7. The molecule has 0 aliphatic heterocycles. The molecule has 0 atom stereocenters. The van der Waals surface area contributed by atoms with E-state index in [1.54, 1.807) is 13.0 Å². The minimum absolute atomic E-state index is 0.0615. The topological polar surface area (TPSA) is 168 Å². The van der Waals surface area contributed by atoms with Crippen molar-refractivity contribution >= 4 is 33.1 Å². The van der Waals surface area contributed by atoms with Crippen LogP contribution in [-0.2, 0) is 0 Å². The summed E-state index contributed by atoms with van der Waals surface area (Å²) in [5.41, 5.74) is 8.33. The molecule has 8 heteroatoms. The van der Waals surface area contributed by atoms with Gasteiger partial charge in [-0.1, -0.05) is 84.9 Å². The molecule has 8 N–H and O–H groups in total. The van der Waals surface area contributed by atoms with Crippen molar-refractivity contribution in [3.8, 4) is 17.3 Å². The van der Waals surface area contributed by atoms with E-state index in [1.807, 2.05) is 66.7 Å². The van der Waals surface area contributed by atoms with Crippen molar-refractivity contribution in [2.75, 3.05) is 12.3 Å². The summed E-state index contributed by atoms with van der Waals surface area (Å²) < 4.78 is 0. The van der Waals surface area contributed by atoms with Crippen molar-refractivity contribution in [2.24, 2.45) is 11.7 Å². The normalized spacial score (nSPS) is 9.53. The standard InChI is InChI=1S/C13H11N3.C13H9NO.C2H6O.H4N2/c14-13-8-12(15-16-13)11-7-3-5-9-4-1-2-6-10(9)11;14-9-8-13(15)12-7-3-5-10-4-1-2-6-11(10)12;1-2-3;1-2/h1-8H,(H3,14,15,16);1-7H,8H2;3H,2H2,1H3;1-2H2. The second-order valence-corrected chi connectivity index (χ2v) is 7.33. The highest BCUT2D eigenvalue weighted by Crippen LogP contribution is 2.27. The third-order valence-corrected chi connectivity index (χ3v) is 5.01. The Hall–Kier alpha value is -4.55. The summed E-state index contributed by atoms with van der Waals surface area (Å²) >= 11 is 0. The number of H-pyrrole nitrogens is 1. The van der Waals surface area contributed by atoms with E-state index in [9.17, 15) is 4.79 Å². The Labute approximate surface area is 209 Å². The van der Waals surface area contributed by atoms with Crippen LogP contribution >= 0.6 is 0 Å². The van der Waals surface area contributed by atoms with Crippen molar-refractivity contribution in [2.45, 2.75) is 13.3 Å². The van der Waals surface area contributed by atoms with Gasteiger partial charge in [-0.15, -0.1) is 0 Å². The molecule has 0 radical (unpaired) electrons. The number of nitrogens with zero attached hydrogens (tertiary/aromatic N) is 2. The smallest absolute Gasteiger partial charge is 0.177 e. The zero-order valence-electron chi connectivity index (χ0n) is 20.1. The average molecular weight is 483 g/mol. The Bertz CT molecular complexity index is 1430. The molecule has 5 aromatic rings. The first kappa shape index (κ1) is 27.7. The maximum absolute atomic E-state index is 11.6. The Kier molecular flexibility index (Phi) is 11.3. The zero-order chi connectivity index (χ0) is 26.3. The van der Waals surface area contributed by atoms with Gasteiger partial charge in [0.25, 0.3) is 0 Å². The number of hydrogen-bond donors (Lipinski definition) is 5. The average Bonchev–Trinajstić information content (AvgIpc) is 3.36. The third kappa shape index (κ3) is 7.22. The number of aliphatic hydroxyl groups is 1. The van der Waals surface area contributed by atoms with Gasteiger partial charge in [0.1, 0.15) is 5.82 Å². The summed E-state index contributed by atoms with van der Waals surface area (Å²) in [5.74, 6) is 8.40. The van der Waals surface area contributed by atoms with Gasteiger partial charge in [-0.05, 0) is 28.5 Å². The Balaban J connectivity index is 0.000000216. The highest BCUT2D eigenvalue weighted by molar-refractivity contribution is 6.08. The number of anilines is 1. The summed E-state index contributed by atoms with van der Waals surface area (Å²) in [6.07, 6.45) is -0.0615. The van der Waals surface area contributed by atoms with Gasteiger partial charge in [0.05, 0.1) is 18.2 Å². The number of carbonyl (C=O) groups excluding carboxylic acids is 1. The molecule has 4 aromatic carbocycles. The number of aliphatic hydroxyl groups excluding tert-OH is 1. The summed E-state index contributed by atoms with van der Waals surface area (Å²) in [6.45, 7) is 1.93. The second-order valence-electron chi connectivity index (χ2n) is 7.33. The number of ketones is 1. The van der Waals surface area contributed by atoms with Crippen LogP contribution < -0.4 is 17.4 Å². The van der Waals surface area contributed by atoms with Crippen LogP contribution in [0.25, 0.3) is 32.8 Å². The summed E-state index contributed by atoms with van der Waals surface area (Å²) in [6, 6.07) is 31.4. The summed E-state index contributed by atoms with van der Waals surface area (Å²) in [4.78, 5) is 11.6. The van der Waals surface area contributed by atoms with E-state index in [-0.39, 0.29) is 18.8 Å². The fourth-order valence-corrected chi connectivity index (χ4v) is 3.57. The molecule has 0 fully saturated rings. The molecule has 1 heterocycles. The molecule has 0 amide bonds. The molecular formula is C28H30N6O2. The fourth-order valence-electron chi connectivity index (χ4n) is 3.57. The fraction of sp³-hybridized carbons (Fsp3) is 0.107. The molecule has 1 aromatic heterocycles. The maximum atomic E-state index is 11.6. The Morgan fingerprint density at radius 2 is 1.44 bits per heavy atom. The van der Waals surface area contributed by atoms with Crippen LogP contribution in [-0.4, -0.2) is 27.7 Å². The number of benzene rings is 4. The predicted molar refractivity (Wildman–Crippen MR) is 146 cm³/mol. The number of nitrogens with one attached hydrogen (secondary N) is 1. The van der Waals surface area contributed by atoms with Gasteiger partial charge in [-0.3, -0.25) is 21.6 Å². The van der Waals surface area contributed by atoms with E-state index in [0.717, 1.165) is 22.0 Å². The highest BCUT2D eigenvalue weighted by atomic mass is 16.2. The number of nitriles is 1. The predicted octanol–water partition coefficient (Wildman–Crippen LogP) is 4.57. The molecule has 5 rings (SSSR count). The first-order valence-corrected chi connectivity index (χ1v) is 11.2. The molecule has 8 nitrogen and oxygen atoms in total. The lowest BCUT2D eigenvalue weighted by Gasteiger charge is -2.03. The summed E-state index contributed by atoms with van der Waals surface area (Å²) in [7, 11) is 0. The molecular weight excluding hydrogens is 452 g/mol. The summed E-state index contributed by atoms with van der Waals surface area (Å²) in [5, 5.41) is 27.3. The van der Waals surface area contributed by atoms with Crippen molar-refractivity contribution in [1.29, 1.82) is 5.26 Å². The van der Waals surface area contributed by atoms with E-state index < -0.39 is 0 Å². The number of nitrogen functional groups attached to an aromatic ring is 1. The molecule has 184 valence electrons. The lowest BCUT2D eigenvalue weighted by molar-refractivity contribution is 0.0999. The largest absolute Gasteiger partial charge is 0.397 e. The van der Waals surface area contributed by atoms with Crippen LogP contribution in [0.4, 0.5) is 5.82 Å². The number of aromatic amines is 1. The van der Waals surface area contributed by atoms with E-state index >= 15 is 0 Å². The number of Topliss-reactive ketones (excluding diaryl/α,β-unsaturated/α-hetero) is 1. The Morgan fingerprint density at radius 3 is 2.03 bits per heavy atom. The monoisotopic (exact) mass is 482 g/mol. The first-order valence-electron chi connectivity index (χ1n) is 11.2. The van der Waals surface area contributed by atoms with Crippen LogP contribution in [0, 0.1) is 11.3 Å². The quantitative estimate of drug-likeness (QED) is 0.143. The van der Waals surface area contributed by atoms with Gasteiger partial charge >= 0.3 is 0 Å². The van der Waals surface area contributed by atoms with Crippen LogP contribution in [0.2, 0.25) is 0 Å². The number of fused-ring (bicyclic) bond motifs is 2. The SMILES string of the molecule is CCO.N#CCC(=O)c1cccc2ccccc12.NN.Nc1cc(-c2cccc3ccccc23)[nH]n1. The van der Waals surface area contributed by atoms with Crippen molar-refractivity contribution in [3.63, 3.8) is 0 Å². The van der Waals surface area contributed by atoms with E-state index in [4.69, 9.17) is 16.1 Å². The van der Waals surface area contributed by atoms with E-state index in [2.05, 4.69) is 46.1 Å². The molecule has 0 saturated heterocycles. The van der Waals surface area contributed by atoms with E-state index in [0.29, 0.717) is 11.4 Å². The minimum atomic E-state index is -0.116. The van der Waals surface area contributed by atoms with Gasteiger partial charge < -0.3 is 10.8 Å². The lowest BCUT2D eigenvalue weighted by Crippen LogP contribution is -2.02. The molecule has 0 saturated carbocycles. The van der Waals surface area contributed by atoms with Crippen molar-refractivity contribution in [1.82, 2.24) is 10.2 Å². The number of hydrazine groups is 1. The maximum Gasteiger partial charge on any atom is 0.177 e. The molecule has 0 bridgehead atoms. The Morgan fingerprint density at radius 1 is 0.917 bits per heavy atom. The third-order valence-electron chi connectivity index (χ3n) is 5.01. The second kappa shape index (κ2) is 14.7. The van der Waals surface area contributed by atoms with Crippen LogP contribution in [0.1, 0.15) is 23.7 Å². The van der Waals surface area contributed by atoms with Crippen LogP contribution in [0.5, 0.6) is 0 Å². The molecule has 0 unspecified atom stereocenters. The van der Waals surface area contributed by atoms with Gasteiger partial charge in [-0.25, -0.2) is 0 Å². The van der Waals surface area contributed by atoms with Gasteiger partial charge in [0.15, 0.2) is 5.78 Å². The first-order chi connectivity index (χ1) is 17.6. The molecule has 36 heavy (non-hydrogen) atoms. The van der Waals surface area contributed by atoms with Crippen molar-refractivity contribution in [3.05, 3.63) is 96.6 Å². The number of rotatable bonds is 3. The van der Waals surface area contributed by atoms with E-state index in [1.165, 1.54) is 10.8 Å². The van der Waals surface area contributed by atoms with Crippen LogP contribution in [0.3, 0.4) is 0 Å². The lowest BCUT2D eigenvalue weighted by atomic mass is 10.0. The van der Waals surface area contributed by atoms with Gasteiger partial charge in [0.2, 0.25) is 0 Å². The minimum Gasteiger partial charge on any atom is -0.397 e. The number of nitrogens with two attached hydrogens (primary N) is 3. The molecule has 0 aliphatic carbocycles. The zero-order valence-corrected chi connectivity index (χ0v) is 20.1. The van der Waals surface area contributed by atoms with Gasteiger partial charge in [0, 0.05) is 23.8 Å².